The Kier molecular flexibility index (Phi) is 6.90. The summed E-state index contributed by atoms with van der Waals surface area (Å²) < 4.78 is 5.50. The molecule has 0 saturated carbocycles. The van der Waals surface area contributed by atoms with Gasteiger partial charge in [0, 0.05) is 37.9 Å². The number of benzene rings is 1. The molecule has 1 fully saturated rings. The highest BCUT2D eigenvalue weighted by molar-refractivity contribution is 5.80. The molecule has 3 rings (SSSR count). The molecule has 0 radical (unpaired) electrons. The summed E-state index contributed by atoms with van der Waals surface area (Å²) in [5.41, 5.74) is 0.764. The summed E-state index contributed by atoms with van der Waals surface area (Å²) in [5.74, 6) is 1.06. The number of hydrogen-bond acceptors (Lipinski definition) is 3. The predicted molar refractivity (Wildman–Crippen MR) is 109 cm³/mol. The standard InChI is InChI=1S/C23H30N2O3/c1-2-3-15-25(18-19-8-5-4-6-9-19)22(27)12-14-23(13-11-21(26)24-23)17-20-10-7-16-28-20/h4-10,16H,2-3,11-15,17-18H2,1H3,(H,24,26). The molecular weight excluding hydrogens is 352 g/mol. The van der Waals surface area contributed by atoms with Gasteiger partial charge >= 0.3 is 0 Å². The Morgan fingerprint density at radius 2 is 2.04 bits per heavy atom. The summed E-state index contributed by atoms with van der Waals surface area (Å²) in [5, 5.41) is 3.12. The first-order valence-corrected chi connectivity index (χ1v) is 10.3. The monoisotopic (exact) mass is 382 g/mol. The summed E-state index contributed by atoms with van der Waals surface area (Å²) in [7, 11) is 0. The van der Waals surface area contributed by atoms with E-state index in [1.54, 1.807) is 6.26 Å². The zero-order valence-corrected chi connectivity index (χ0v) is 16.7. The number of amides is 2. The summed E-state index contributed by atoms with van der Waals surface area (Å²) >= 11 is 0. The van der Waals surface area contributed by atoms with Crippen LogP contribution in [0.25, 0.3) is 0 Å². The predicted octanol–water partition coefficient (Wildman–Crippen LogP) is 4.08. The third kappa shape index (κ3) is 5.47. The second-order valence-corrected chi connectivity index (χ2v) is 7.74. The van der Waals surface area contributed by atoms with Crippen LogP contribution in [0.5, 0.6) is 0 Å². The molecule has 5 nitrogen and oxygen atoms in total. The number of carbonyl (C=O) groups excluding carboxylic acids is 2. The number of nitrogens with zero attached hydrogens (tertiary/aromatic N) is 1. The van der Waals surface area contributed by atoms with Gasteiger partial charge in [0.05, 0.1) is 6.26 Å². The van der Waals surface area contributed by atoms with Crippen molar-refractivity contribution >= 4 is 11.8 Å². The van der Waals surface area contributed by atoms with Gasteiger partial charge in [-0.1, -0.05) is 43.7 Å². The van der Waals surface area contributed by atoms with Crippen molar-refractivity contribution in [2.75, 3.05) is 6.54 Å². The number of nitrogens with one attached hydrogen (secondary N) is 1. The zero-order chi connectivity index (χ0) is 19.8. The number of rotatable bonds is 10. The fourth-order valence-corrected chi connectivity index (χ4v) is 3.88. The van der Waals surface area contributed by atoms with Gasteiger partial charge in [0.1, 0.15) is 5.76 Å². The quantitative estimate of drug-likeness (QED) is 0.673. The van der Waals surface area contributed by atoms with Crippen molar-refractivity contribution in [3.63, 3.8) is 0 Å². The Hall–Kier alpha value is -2.56. The molecule has 1 unspecified atom stereocenters. The molecule has 5 heteroatoms. The molecule has 0 bridgehead atoms. The van der Waals surface area contributed by atoms with Gasteiger partial charge in [-0.2, -0.15) is 0 Å². The van der Waals surface area contributed by atoms with E-state index in [0.29, 0.717) is 32.2 Å². The van der Waals surface area contributed by atoms with Gasteiger partial charge in [-0.05, 0) is 37.0 Å². The van der Waals surface area contributed by atoms with Crippen LogP contribution in [0.1, 0.15) is 56.8 Å². The second-order valence-electron chi connectivity index (χ2n) is 7.74. The maximum absolute atomic E-state index is 13.0. The van der Waals surface area contributed by atoms with Crippen LogP contribution >= 0.6 is 0 Å². The van der Waals surface area contributed by atoms with Crippen LogP contribution in [-0.2, 0) is 22.6 Å². The van der Waals surface area contributed by atoms with Crippen LogP contribution < -0.4 is 5.32 Å². The molecule has 2 aromatic rings. The fourth-order valence-electron chi connectivity index (χ4n) is 3.88. The summed E-state index contributed by atoms with van der Waals surface area (Å²) in [6, 6.07) is 13.9. The van der Waals surface area contributed by atoms with E-state index in [4.69, 9.17) is 4.42 Å². The lowest BCUT2D eigenvalue weighted by Gasteiger charge is -2.30. The van der Waals surface area contributed by atoms with Crippen LogP contribution in [0, 0.1) is 0 Å². The Bertz CT molecular complexity index is 757. The van der Waals surface area contributed by atoms with Gasteiger partial charge in [-0.3, -0.25) is 9.59 Å². The molecule has 1 aliphatic heterocycles. The third-order valence-electron chi connectivity index (χ3n) is 5.50. The van der Waals surface area contributed by atoms with E-state index in [1.807, 2.05) is 35.2 Å². The van der Waals surface area contributed by atoms with E-state index in [2.05, 4.69) is 24.4 Å². The van der Waals surface area contributed by atoms with E-state index >= 15 is 0 Å². The number of unbranched alkanes of at least 4 members (excludes halogenated alkanes) is 1. The Balaban J connectivity index is 1.64. The van der Waals surface area contributed by atoms with Crippen LogP contribution in [0.4, 0.5) is 0 Å². The van der Waals surface area contributed by atoms with Gasteiger partial charge in [-0.25, -0.2) is 0 Å². The van der Waals surface area contributed by atoms with Crippen LogP contribution in [-0.4, -0.2) is 28.8 Å². The van der Waals surface area contributed by atoms with Crippen molar-refractivity contribution in [2.24, 2.45) is 0 Å². The topological polar surface area (TPSA) is 62.6 Å². The van der Waals surface area contributed by atoms with Crippen LogP contribution in [0.2, 0.25) is 0 Å². The maximum atomic E-state index is 13.0. The molecular formula is C23H30N2O3. The van der Waals surface area contributed by atoms with Crippen molar-refractivity contribution in [3.8, 4) is 0 Å². The zero-order valence-electron chi connectivity index (χ0n) is 16.7. The average Bonchev–Trinajstić information content (AvgIpc) is 3.34. The normalized spacial score (nSPS) is 18.8. The van der Waals surface area contributed by atoms with Crippen LogP contribution in [0.3, 0.4) is 0 Å². The van der Waals surface area contributed by atoms with Crippen molar-refractivity contribution in [2.45, 2.75) is 64.0 Å². The van der Waals surface area contributed by atoms with Gasteiger partial charge in [0.2, 0.25) is 11.8 Å². The lowest BCUT2D eigenvalue weighted by molar-refractivity contribution is -0.132. The summed E-state index contributed by atoms with van der Waals surface area (Å²) in [6.07, 6.45) is 6.65. The molecule has 2 heterocycles. The molecule has 1 aromatic heterocycles. The first-order chi connectivity index (χ1) is 13.6. The SMILES string of the molecule is CCCCN(Cc1ccccc1)C(=O)CCC1(Cc2ccco2)CCC(=O)N1. The van der Waals surface area contributed by atoms with Crippen molar-refractivity contribution in [1.82, 2.24) is 10.2 Å². The van der Waals surface area contributed by atoms with Gasteiger partial charge in [-0.15, -0.1) is 0 Å². The van der Waals surface area contributed by atoms with E-state index in [9.17, 15) is 9.59 Å². The molecule has 0 spiro atoms. The largest absolute Gasteiger partial charge is 0.469 e. The molecule has 1 aliphatic rings. The van der Waals surface area contributed by atoms with Gasteiger partial charge in [0.25, 0.3) is 0 Å². The molecule has 150 valence electrons. The number of hydrogen-bond donors (Lipinski definition) is 1. The lowest BCUT2D eigenvalue weighted by Crippen LogP contribution is -2.44. The molecule has 1 atom stereocenters. The Labute approximate surface area is 167 Å². The number of furan rings is 1. The van der Waals surface area contributed by atoms with E-state index in [1.165, 1.54) is 0 Å². The van der Waals surface area contributed by atoms with E-state index in [-0.39, 0.29) is 17.4 Å². The molecule has 0 aliphatic carbocycles. The Morgan fingerprint density at radius 3 is 2.68 bits per heavy atom. The Morgan fingerprint density at radius 1 is 1.21 bits per heavy atom. The minimum absolute atomic E-state index is 0.0612. The molecule has 2 amide bonds. The van der Waals surface area contributed by atoms with Crippen LogP contribution in [0.15, 0.2) is 53.1 Å². The van der Waals surface area contributed by atoms with Gasteiger partial charge < -0.3 is 14.6 Å². The highest BCUT2D eigenvalue weighted by atomic mass is 16.3. The second kappa shape index (κ2) is 9.58. The first kappa shape index (κ1) is 20.2. The summed E-state index contributed by atoms with van der Waals surface area (Å²) in [6.45, 7) is 3.54. The molecule has 1 aromatic carbocycles. The van der Waals surface area contributed by atoms with E-state index in [0.717, 1.165) is 37.1 Å². The third-order valence-corrected chi connectivity index (χ3v) is 5.50. The first-order valence-electron chi connectivity index (χ1n) is 10.3. The minimum Gasteiger partial charge on any atom is -0.469 e. The highest BCUT2D eigenvalue weighted by Gasteiger charge is 2.39. The average molecular weight is 383 g/mol. The summed E-state index contributed by atoms with van der Waals surface area (Å²) in [4.78, 5) is 26.9. The maximum Gasteiger partial charge on any atom is 0.222 e. The highest BCUT2D eigenvalue weighted by Crippen LogP contribution is 2.30. The lowest BCUT2D eigenvalue weighted by atomic mass is 9.87. The molecule has 1 N–H and O–H groups in total. The van der Waals surface area contributed by atoms with Crippen molar-refractivity contribution < 1.29 is 14.0 Å². The molecule has 28 heavy (non-hydrogen) atoms. The van der Waals surface area contributed by atoms with Crippen molar-refractivity contribution in [1.29, 1.82) is 0 Å². The van der Waals surface area contributed by atoms with Gasteiger partial charge in [0.15, 0.2) is 0 Å². The van der Waals surface area contributed by atoms with Crippen molar-refractivity contribution in [3.05, 3.63) is 60.1 Å². The number of carbonyl (C=O) groups is 2. The minimum atomic E-state index is -0.381. The van der Waals surface area contributed by atoms with E-state index < -0.39 is 0 Å². The fraction of sp³-hybridized carbons (Fsp3) is 0.478. The molecule has 1 saturated heterocycles. The smallest absolute Gasteiger partial charge is 0.222 e.